The van der Waals surface area contributed by atoms with Gasteiger partial charge in [-0.15, -0.1) is 0 Å². The quantitative estimate of drug-likeness (QED) is 0.871. The van der Waals surface area contributed by atoms with Gasteiger partial charge in [-0.3, -0.25) is 4.79 Å². The lowest BCUT2D eigenvalue weighted by Crippen LogP contribution is -2.29. The first-order valence-corrected chi connectivity index (χ1v) is 9.47. The number of ether oxygens (including phenoxy) is 1. The lowest BCUT2D eigenvalue weighted by molar-refractivity contribution is 0.0948. The van der Waals surface area contributed by atoms with Crippen LogP contribution in [0.4, 0.5) is 0 Å². The van der Waals surface area contributed by atoms with E-state index in [1.54, 1.807) is 18.0 Å². The third-order valence-electron chi connectivity index (χ3n) is 4.05. The van der Waals surface area contributed by atoms with E-state index in [0.717, 1.165) is 5.69 Å². The molecule has 0 spiro atoms. The zero-order valence-corrected chi connectivity index (χ0v) is 14.1. The number of methoxy groups -OCH3 is 1. The molecule has 1 aliphatic heterocycles. The average molecular weight is 349 g/mol. The Morgan fingerprint density at radius 2 is 2.21 bits per heavy atom. The summed E-state index contributed by atoms with van der Waals surface area (Å²) in [4.78, 5) is 12.2. The van der Waals surface area contributed by atoms with Crippen molar-refractivity contribution in [2.45, 2.75) is 6.42 Å². The SMILES string of the molecule is COc1ccccc1-n1cc(C(=O)NC[C@H]2CCS(=O)(=O)C2)cn1. The van der Waals surface area contributed by atoms with Gasteiger partial charge >= 0.3 is 0 Å². The van der Waals surface area contributed by atoms with Gasteiger partial charge in [0.25, 0.3) is 5.91 Å². The van der Waals surface area contributed by atoms with E-state index in [0.29, 0.717) is 24.3 Å². The minimum absolute atomic E-state index is 0.0109. The molecule has 3 rings (SSSR count). The molecule has 1 atom stereocenters. The summed E-state index contributed by atoms with van der Waals surface area (Å²) in [7, 11) is -1.35. The summed E-state index contributed by atoms with van der Waals surface area (Å²) in [6.45, 7) is 0.359. The first-order chi connectivity index (χ1) is 11.5. The van der Waals surface area contributed by atoms with Crippen LogP contribution in [-0.4, -0.2) is 49.3 Å². The Bertz CT molecular complexity index is 845. The summed E-state index contributed by atoms with van der Waals surface area (Å²) < 4.78 is 29.7. The number of aromatic nitrogens is 2. The summed E-state index contributed by atoms with van der Waals surface area (Å²) in [6.07, 6.45) is 3.70. The summed E-state index contributed by atoms with van der Waals surface area (Å²) in [5, 5.41) is 6.98. The first kappa shape index (κ1) is 16.5. The first-order valence-electron chi connectivity index (χ1n) is 7.65. The molecule has 0 aliphatic carbocycles. The maximum atomic E-state index is 12.2. The molecule has 0 radical (unpaired) electrons. The Balaban J connectivity index is 1.66. The molecule has 0 bridgehead atoms. The molecule has 1 aromatic carbocycles. The normalized spacial score (nSPS) is 19.1. The Morgan fingerprint density at radius 3 is 2.92 bits per heavy atom. The van der Waals surface area contributed by atoms with E-state index in [4.69, 9.17) is 4.74 Å². The molecule has 0 unspecified atom stereocenters. The van der Waals surface area contributed by atoms with E-state index in [2.05, 4.69) is 10.4 Å². The maximum absolute atomic E-state index is 12.2. The van der Waals surface area contributed by atoms with Crippen LogP contribution in [0, 0.1) is 5.92 Å². The Labute approximate surface area is 140 Å². The molecule has 128 valence electrons. The number of nitrogens with zero attached hydrogens (tertiary/aromatic N) is 2. The number of sulfone groups is 1. The van der Waals surface area contributed by atoms with Crippen molar-refractivity contribution in [3.05, 3.63) is 42.2 Å². The van der Waals surface area contributed by atoms with Gasteiger partial charge in [0.2, 0.25) is 0 Å². The molecular weight excluding hydrogens is 330 g/mol. The topological polar surface area (TPSA) is 90.3 Å². The predicted octanol–water partition coefficient (Wildman–Crippen LogP) is 1.05. The lowest BCUT2D eigenvalue weighted by Gasteiger charge is -2.09. The monoisotopic (exact) mass is 349 g/mol. The standard InChI is InChI=1S/C16H19N3O4S/c1-23-15-5-3-2-4-14(15)19-10-13(9-18-19)16(20)17-8-12-6-7-24(21,22)11-12/h2-5,9-10,12H,6-8,11H2,1H3,(H,17,20)/t12-/m1/s1. The second kappa shape index (κ2) is 6.64. The molecule has 1 aliphatic rings. The van der Waals surface area contributed by atoms with Gasteiger partial charge in [0.1, 0.15) is 11.4 Å². The molecule has 1 N–H and O–H groups in total. The zero-order chi connectivity index (χ0) is 17.2. The number of hydrogen-bond acceptors (Lipinski definition) is 5. The van der Waals surface area contributed by atoms with Crippen molar-refractivity contribution < 1.29 is 17.9 Å². The van der Waals surface area contributed by atoms with Crippen LogP contribution in [0.5, 0.6) is 5.75 Å². The van der Waals surface area contributed by atoms with Crippen LogP contribution < -0.4 is 10.1 Å². The van der Waals surface area contributed by atoms with Gasteiger partial charge in [-0.2, -0.15) is 5.10 Å². The highest BCUT2D eigenvalue weighted by molar-refractivity contribution is 7.91. The fourth-order valence-electron chi connectivity index (χ4n) is 2.76. The predicted molar refractivity (Wildman–Crippen MR) is 89.2 cm³/mol. The van der Waals surface area contributed by atoms with Crippen molar-refractivity contribution in [1.29, 1.82) is 0 Å². The van der Waals surface area contributed by atoms with Gasteiger partial charge in [0.05, 0.1) is 30.4 Å². The number of carbonyl (C=O) groups is 1. The molecule has 1 amide bonds. The van der Waals surface area contributed by atoms with Crippen LogP contribution in [0.15, 0.2) is 36.7 Å². The summed E-state index contributed by atoms with van der Waals surface area (Å²) in [6, 6.07) is 7.38. The van der Waals surface area contributed by atoms with E-state index < -0.39 is 9.84 Å². The highest BCUT2D eigenvalue weighted by Gasteiger charge is 2.28. The van der Waals surface area contributed by atoms with Gasteiger partial charge in [-0.1, -0.05) is 12.1 Å². The van der Waals surface area contributed by atoms with Crippen LogP contribution in [0.2, 0.25) is 0 Å². The molecular formula is C16H19N3O4S. The largest absolute Gasteiger partial charge is 0.494 e. The van der Waals surface area contributed by atoms with Gasteiger partial charge < -0.3 is 10.1 Å². The molecule has 1 aromatic heterocycles. The molecule has 2 aromatic rings. The number of hydrogen-bond donors (Lipinski definition) is 1. The van der Waals surface area contributed by atoms with Gasteiger partial charge in [-0.05, 0) is 24.5 Å². The van der Waals surface area contributed by atoms with Gasteiger partial charge in [-0.25, -0.2) is 13.1 Å². The number of amides is 1. The molecule has 7 nitrogen and oxygen atoms in total. The smallest absolute Gasteiger partial charge is 0.254 e. The Morgan fingerprint density at radius 1 is 1.42 bits per heavy atom. The minimum Gasteiger partial charge on any atom is -0.494 e. The van der Waals surface area contributed by atoms with Gasteiger partial charge in [0.15, 0.2) is 9.84 Å². The maximum Gasteiger partial charge on any atom is 0.254 e. The van der Waals surface area contributed by atoms with Crippen LogP contribution in [0.3, 0.4) is 0 Å². The van der Waals surface area contributed by atoms with E-state index >= 15 is 0 Å². The van der Waals surface area contributed by atoms with Crippen molar-refractivity contribution in [1.82, 2.24) is 15.1 Å². The molecule has 8 heteroatoms. The Kier molecular flexibility index (Phi) is 4.57. The highest BCUT2D eigenvalue weighted by Crippen LogP contribution is 2.21. The molecule has 0 saturated carbocycles. The van der Waals surface area contributed by atoms with Crippen LogP contribution in [0.1, 0.15) is 16.8 Å². The van der Waals surface area contributed by atoms with Crippen molar-refractivity contribution in [2.24, 2.45) is 5.92 Å². The summed E-state index contributed by atoms with van der Waals surface area (Å²) in [5.74, 6) is 0.736. The number of nitrogens with one attached hydrogen (secondary N) is 1. The highest BCUT2D eigenvalue weighted by atomic mass is 32.2. The second-order valence-electron chi connectivity index (χ2n) is 5.82. The molecule has 1 fully saturated rings. The minimum atomic E-state index is -2.93. The zero-order valence-electron chi connectivity index (χ0n) is 13.3. The van der Waals surface area contributed by atoms with E-state index in [1.165, 1.54) is 6.20 Å². The van der Waals surface area contributed by atoms with Crippen molar-refractivity contribution >= 4 is 15.7 Å². The fraction of sp³-hybridized carbons (Fsp3) is 0.375. The second-order valence-corrected chi connectivity index (χ2v) is 8.05. The average Bonchev–Trinajstić information content (AvgIpc) is 3.19. The van der Waals surface area contributed by atoms with E-state index in [9.17, 15) is 13.2 Å². The van der Waals surface area contributed by atoms with Crippen LogP contribution >= 0.6 is 0 Å². The number of rotatable bonds is 5. The van der Waals surface area contributed by atoms with Crippen molar-refractivity contribution in [3.8, 4) is 11.4 Å². The summed E-state index contributed by atoms with van der Waals surface area (Å²) in [5.41, 5.74) is 1.16. The van der Waals surface area contributed by atoms with E-state index in [1.807, 2.05) is 24.3 Å². The van der Waals surface area contributed by atoms with Crippen LogP contribution in [-0.2, 0) is 9.84 Å². The number of para-hydroxylation sites is 2. The third-order valence-corrected chi connectivity index (χ3v) is 5.89. The molecule has 2 heterocycles. The van der Waals surface area contributed by atoms with Crippen molar-refractivity contribution in [2.75, 3.05) is 25.2 Å². The van der Waals surface area contributed by atoms with Crippen molar-refractivity contribution in [3.63, 3.8) is 0 Å². The van der Waals surface area contributed by atoms with E-state index in [-0.39, 0.29) is 23.3 Å². The number of carbonyl (C=O) groups excluding carboxylic acids is 1. The molecule has 1 saturated heterocycles. The fourth-order valence-corrected chi connectivity index (χ4v) is 4.62. The van der Waals surface area contributed by atoms with Gasteiger partial charge in [0, 0.05) is 12.7 Å². The lowest BCUT2D eigenvalue weighted by atomic mass is 10.1. The Hall–Kier alpha value is -2.35. The van der Waals surface area contributed by atoms with Crippen LogP contribution in [0.25, 0.3) is 5.69 Å². The third kappa shape index (κ3) is 3.59. The number of benzene rings is 1. The molecule has 24 heavy (non-hydrogen) atoms. The summed E-state index contributed by atoms with van der Waals surface area (Å²) >= 11 is 0.